The summed E-state index contributed by atoms with van der Waals surface area (Å²) in [6.07, 6.45) is 0. The van der Waals surface area contributed by atoms with E-state index in [1.807, 2.05) is 0 Å². The molecule has 0 rings (SSSR count). The van der Waals surface area contributed by atoms with Crippen molar-refractivity contribution in [3.8, 4) is 0 Å². The maximum absolute atomic E-state index is 3.20. The number of hydrogen-bond donors (Lipinski definition) is 0. The molecule has 0 N–H and O–H groups in total. The molecule has 2 heteroatoms. The van der Waals surface area contributed by atoms with Crippen molar-refractivity contribution in [2.45, 2.75) is 0 Å². The van der Waals surface area contributed by atoms with Gasteiger partial charge in [-0.2, -0.15) is 0 Å². The van der Waals surface area contributed by atoms with E-state index in [0.29, 0.717) is 0 Å². The topological polar surface area (TPSA) is 0 Å². The first-order chi connectivity index (χ1) is 7.91. The second-order valence-electron chi connectivity index (χ2n) is 0.378. The highest BCUT2D eigenvalue weighted by molar-refractivity contribution is 9.11. The maximum atomic E-state index is 3.20. The molecular formula is C14H28Br2. The summed E-state index contributed by atoms with van der Waals surface area (Å²) >= 11 is 6.40. The van der Waals surface area contributed by atoms with Gasteiger partial charge in [-0.3, -0.25) is 0 Å². The molecule has 0 aliphatic carbocycles. The van der Waals surface area contributed by atoms with Gasteiger partial charge in [-0.1, -0.05) is 31.9 Å². The molecule has 0 aromatic carbocycles. The van der Waals surface area contributed by atoms with Crippen LogP contribution >= 0.6 is 31.9 Å². The molecule has 0 aromatic rings. The first-order valence-corrected chi connectivity index (χ1v) is 6.28. The Balaban J connectivity index is -0.0000000122. The first kappa shape index (κ1) is 45.3. The third-order valence-electron chi connectivity index (χ3n) is 0.0714. The second-order valence-corrected chi connectivity index (χ2v) is 1.96. The molecule has 0 atom stereocenters. The molecular weight excluding hydrogens is 328 g/mol. The molecule has 0 nitrogen and oxygen atoms in total. The van der Waals surface area contributed by atoms with Gasteiger partial charge in [-0.05, 0) is 0 Å². The van der Waals surface area contributed by atoms with Crippen LogP contribution in [-0.4, -0.2) is 10.7 Å². The van der Waals surface area contributed by atoms with E-state index in [2.05, 4.69) is 111 Å². The lowest BCUT2D eigenvalue weighted by molar-refractivity contribution is 1.62. The van der Waals surface area contributed by atoms with Crippen LogP contribution in [0, 0.1) is 0 Å². The fourth-order valence-corrected chi connectivity index (χ4v) is 0. The minimum Gasteiger partial charge on any atom is -0.106 e. The van der Waals surface area contributed by atoms with Crippen LogP contribution in [0.3, 0.4) is 0 Å². The van der Waals surface area contributed by atoms with E-state index in [1.165, 1.54) is 0 Å². The Morgan fingerprint density at radius 1 is 0.375 bits per heavy atom. The number of alkyl halides is 2. The van der Waals surface area contributed by atoms with Crippen LogP contribution in [0.15, 0.2) is 78.9 Å². The lowest BCUT2D eigenvalue weighted by Gasteiger charge is -1.63. The normalized spacial score (nSPS) is 3.38. The van der Waals surface area contributed by atoms with Gasteiger partial charge in [0.1, 0.15) is 0 Å². The molecule has 0 heterocycles. The molecule has 0 bridgehead atoms. The summed E-state index contributed by atoms with van der Waals surface area (Å²) in [5, 5.41) is 2.10. The first-order valence-electron chi connectivity index (χ1n) is 4.03. The van der Waals surface area contributed by atoms with E-state index in [-0.39, 0.29) is 0 Å². The smallest absolute Gasteiger partial charge is 0.0129 e. The summed E-state index contributed by atoms with van der Waals surface area (Å²) in [5.41, 5.74) is 0. The summed E-state index contributed by atoms with van der Waals surface area (Å²) in [7, 11) is 0. The van der Waals surface area contributed by atoms with Crippen molar-refractivity contribution in [2.75, 3.05) is 10.7 Å². The number of hydrogen-bond acceptors (Lipinski definition) is 0. The Kier molecular flexibility index (Phi) is 3730. The zero-order valence-electron chi connectivity index (χ0n) is 10.7. The molecule has 0 fully saturated rings. The molecule has 0 saturated carbocycles. The zero-order valence-corrected chi connectivity index (χ0v) is 13.8. The van der Waals surface area contributed by atoms with Crippen molar-refractivity contribution in [1.82, 2.24) is 0 Å². The number of rotatable bonds is 1. The third-order valence-corrected chi connectivity index (χ3v) is 1.93. The number of halogens is 2. The molecule has 98 valence electrons. The molecule has 0 aliphatic heterocycles. The average Bonchev–Trinajstić information content (AvgIpc) is 2.51. The highest BCUT2D eigenvalue weighted by atomic mass is 79.9. The van der Waals surface area contributed by atoms with Crippen molar-refractivity contribution in [3.05, 3.63) is 78.9 Å². The summed E-state index contributed by atoms with van der Waals surface area (Å²) < 4.78 is 0. The van der Waals surface area contributed by atoms with Gasteiger partial charge in [0.05, 0.1) is 0 Å². The van der Waals surface area contributed by atoms with Crippen molar-refractivity contribution in [2.24, 2.45) is 0 Å². The van der Waals surface area contributed by atoms with Crippen LogP contribution < -0.4 is 0 Å². The van der Waals surface area contributed by atoms with Gasteiger partial charge in [0.2, 0.25) is 0 Å². The fraction of sp³-hybridized carbons (Fsp3) is 0.143. The van der Waals surface area contributed by atoms with Crippen LogP contribution in [0.4, 0.5) is 0 Å². The van der Waals surface area contributed by atoms with Gasteiger partial charge >= 0.3 is 0 Å². The summed E-state index contributed by atoms with van der Waals surface area (Å²) in [6, 6.07) is 0. The van der Waals surface area contributed by atoms with Gasteiger partial charge in [0.15, 0.2) is 0 Å². The molecule has 0 unspecified atom stereocenters. The predicted molar refractivity (Wildman–Crippen MR) is 95.1 cm³/mol. The van der Waals surface area contributed by atoms with Crippen molar-refractivity contribution in [1.29, 1.82) is 0 Å². The second kappa shape index (κ2) is 1320. The third kappa shape index (κ3) is 12900. The Morgan fingerprint density at radius 2 is 0.438 bits per heavy atom. The summed E-state index contributed by atoms with van der Waals surface area (Å²) in [4.78, 5) is 0. The Morgan fingerprint density at radius 3 is 0.438 bits per heavy atom. The lowest BCUT2D eigenvalue weighted by Crippen LogP contribution is -1.61. The summed E-state index contributed by atoms with van der Waals surface area (Å²) in [6.45, 7) is 36.0. The molecule has 0 radical (unpaired) electrons. The Bertz CT molecular complexity index is 39.2. The SMILES string of the molecule is BrCCBr.C=C.C=C.C=C.C=C.C=C.C=C. The fourth-order valence-electron chi connectivity index (χ4n) is 0. The largest absolute Gasteiger partial charge is 0.106 e. The van der Waals surface area contributed by atoms with Crippen molar-refractivity contribution in [3.63, 3.8) is 0 Å². The van der Waals surface area contributed by atoms with Gasteiger partial charge in [0.25, 0.3) is 0 Å². The molecule has 0 amide bonds. The van der Waals surface area contributed by atoms with E-state index in [9.17, 15) is 0 Å². The van der Waals surface area contributed by atoms with E-state index >= 15 is 0 Å². The van der Waals surface area contributed by atoms with E-state index in [1.54, 1.807) is 0 Å². The average molecular weight is 356 g/mol. The lowest BCUT2D eigenvalue weighted by atomic mass is 11.0. The maximum Gasteiger partial charge on any atom is 0.0129 e. The molecule has 0 saturated heterocycles. The van der Waals surface area contributed by atoms with Gasteiger partial charge < -0.3 is 0 Å². The highest BCUT2D eigenvalue weighted by Crippen LogP contribution is 1.82. The minimum absolute atomic E-state index is 1.05. The van der Waals surface area contributed by atoms with Gasteiger partial charge in [0, 0.05) is 10.7 Å². The zero-order chi connectivity index (χ0) is 15.4. The molecule has 0 spiro atoms. The molecule has 0 aliphatic rings. The Hall–Kier alpha value is -0.600. The molecule has 16 heavy (non-hydrogen) atoms. The van der Waals surface area contributed by atoms with Crippen LogP contribution in [0.25, 0.3) is 0 Å². The van der Waals surface area contributed by atoms with Crippen molar-refractivity contribution < 1.29 is 0 Å². The van der Waals surface area contributed by atoms with E-state index in [0.717, 1.165) is 10.7 Å². The quantitative estimate of drug-likeness (QED) is 0.367. The monoisotopic (exact) mass is 354 g/mol. The van der Waals surface area contributed by atoms with Crippen molar-refractivity contribution >= 4 is 31.9 Å². The van der Waals surface area contributed by atoms with Gasteiger partial charge in [-0.25, -0.2) is 0 Å². The van der Waals surface area contributed by atoms with Gasteiger partial charge in [-0.15, -0.1) is 78.9 Å². The van der Waals surface area contributed by atoms with E-state index < -0.39 is 0 Å². The van der Waals surface area contributed by atoms with Crippen LogP contribution in [0.5, 0.6) is 0 Å². The highest BCUT2D eigenvalue weighted by Gasteiger charge is 1.60. The molecule has 0 aromatic heterocycles. The standard InChI is InChI=1S/C2H4Br2.6C2H4/c3-1-2-4;6*1-2/h1-2H2;6*1-2H2. The van der Waals surface area contributed by atoms with Crippen LogP contribution in [0.2, 0.25) is 0 Å². The predicted octanol–water partition coefficient (Wildman–Crippen LogP) is 6.59. The minimum atomic E-state index is 1.05. The van der Waals surface area contributed by atoms with Crippen LogP contribution in [0.1, 0.15) is 0 Å². The van der Waals surface area contributed by atoms with E-state index in [4.69, 9.17) is 0 Å². The Labute approximate surface area is 121 Å². The summed E-state index contributed by atoms with van der Waals surface area (Å²) in [5.74, 6) is 0. The van der Waals surface area contributed by atoms with Crippen LogP contribution in [-0.2, 0) is 0 Å².